The van der Waals surface area contributed by atoms with Gasteiger partial charge in [0.15, 0.2) is 12.4 Å². The van der Waals surface area contributed by atoms with Crippen molar-refractivity contribution in [2.24, 2.45) is 23.7 Å². The molecule has 4 aliphatic carbocycles. The minimum Gasteiger partial charge on any atom is -0.399 e. The lowest BCUT2D eigenvalue weighted by Crippen LogP contribution is -2.31. The van der Waals surface area contributed by atoms with Gasteiger partial charge in [0.05, 0.1) is 16.5 Å². The lowest BCUT2D eigenvalue weighted by Gasteiger charge is -2.39. The Kier molecular flexibility index (Phi) is 16.9. The lowest BCUT2D eigenvalue weighted by atomic mass is 9.65. The fourth-order valence-electron chi connectivity index (χ4n) is 17.5. The Bertz CT molecular complexity index is 3430. The van der Waals surface area contributed by atoms with Gasteiger partial charge in [-0.25, -0.2) is 9.97 Å². The van der Waals surface area contributed by atoms with Crippen molar-refractivity contribution in [1.29, 1.82) is 0 Å². The summed E-state index contributed by atoms with van der Waals surface area (Å²) < 4.78 is 0. The van der Waals surface area contributed by atoms with Crippen molar-refractivity contribution < 1.29 is 9.97 Å². The van der Waals surface area contributed by atoms with E-state index in [4.69, 9.17) is 11.5 Å². The van der Waals surface area contributed by atoms with Gasteiger partial charge in [0, 0.05) is 34.3 Å². The molecule has 4 nitrogen and oxygen atoms in total. The van der Waals surface area contributed by atoms with Gasteiger partial charge < -0.3 is 11.5 Å². The van der Waals surface area contributed by atoms with Crippen LogP contribution >= 0.6 is 0 Å². The van der Waals surface area contributed by atoms with E-state index < -0.39 is 5.41 Å². The number of aromatic nitrogens is 2. The van der Waals surface area contributed by atoms with E-state index in [1.165, 1.54) is 203 Å². The first-order valence-electron chi connectivity index (χ1n) is 34.0. The molecule has 0 saturated carbocycles. The zero-order valence-corrected chi connectivity index (χ0v) is 53.0. The number of pyridine rings is 2. The number of hydrogen-bond acceptors (Lipinski definition) is 2. The zero-order chi connectivity index (χ0) is 59.0. The van der Waals surface area contributed by atoms with Gasteiger partial charge in [-0.05, 0) is 199 Å². The van der Waals surface area contributed by atoms with Crippen LogP contribution in [-0.2, 0) is 16.2 Å². The van der Waals surface area contributed by atoms with Crippen molar-refractivity contribution in [2.75, 3.05) is 11.5 Å². The van der Waals surface area contributed by atoms with Gasteiger partial charge in [0.25, 0.3) is 11.4 Å². The molecule has 0 bridgehead atoms. The molecular formula is C81H98N4+2. The summed E-state index contributed by atoms with van der Waals surface area (Å²) >= 11 is 0. The molecule has 1 spiro atoms. The van der Waals surface area contributed by atoms with Gasteiger partial charge in [0.1, 0.15) is 0 Å². The number of benzene rings is 6. The Morgan fingerprint density at radius 1 is 0.329 bits per heavy atom. The second-order valence-corrected chi connectivity index (χ2v) is 27.0. The molecule has 6 aromatic carbocycles. The third kappa shape index (κ3) is 9.98. The number of unbranched alkanes of at least 4 members (excludes halogenated alkanes) is 4. The number of nitrogen functional groups attached to an aromatic ring is 2. The molecule has 4 aliphatic rings. The largest absolute Gasteiger partial charge is 0.399 e. The number of H-pyrrole nitrogens is 2. The summed E-state index contributed by atoms with van der Waals surface area (Å²) in [6, 6.07) is 53.1. The predicted molar refractivity (Wildman–Crippen MR) is 360 cm³/mol. The maximum Gasteiger partial charge on any atom is 0.280 e. The first-order valence-corrected chi connectivity index (χ1v) is 34.0. The van der Waals surface area contributed by atoms with E-state index in [0.29, 0.717) is 23.7 Å². The van der Waals surface area contributed by atoms with Crippen LogP contribution in [0.5, 0.6) is 0 Å². The maximum absolute atomic E-state index is 6.86. The van der Waals surface area contributed by atoms with E-state index in [1.54, 1.807) is 0 Å². The summed E-state index contributed by atoms with van der Waals surface area (Å²) in [5.41, 5.74) is 41.6. The molecule has 0 radical (unpaired) electrons. The fourth-order valence-corrected chi connectivity index (χ4v) is 17.5. The molecule has 6 N–H and O–H groups in total. The molecule has 2 heterocycles. The summed E-state index contributed by atoms with van der Waals surface area (Å²) in [4.78, 5) is 7.59. The van der Waals surface area contributed by atoms with Gasteiger partial charge >= 0.3 is 0 Å². The van der Waals surface area contributed by atoms with Crippen molar-refractivity contribution in [2.45, 2.75) is 200 Å². The van der Waals surface area contributed by atoms with Crippen LogP contribution in [0.2, 0.25) is 0 Å². The average molecular weight is 1130 g/mol. The molecule has 440 valence electrons. The number of aromatic amines is 2. The number of nitrogens with two attached hydrogens (primary N) is 2. The van der Waals surface area contributed by atoms with Gasteiger partial charge in [-0.3, -0.25) is 0 Å². The van der Waals surface area contributed by atoms with Crippen molar-refractivity contribution in [3.63, 3.8) is 0 Å². The number of hydrogen-bond donors (Lipinski definition) is 2. The van der Waals surface area contributed by atoms with E-state index in [0.717, 1.165) is 48.4 Å². The van der Waals surface area contributed by atoms with E-state index in [1.807, 2.05) is 0 Å². The second-order valence-electron chi connectivity index (χ2n) is 27.0. The summed E-state index contributed by atoms with van der Waals surface area (Å²) in [6.45, 7) is 19.2. The Labute approximate surface area is 511 Å². The first-order chi connectivity index (χ1) is 41.5. The fraction of sp³-hybridized carbons (Fsp3) is 0.432. The average Bonchev–Trinajstić information content (AvgIpc) is 1.55. The van der Waals surface area contributed by atoms with Crippen molar-refractivity contribution in [1.82, 2.24) is 0 Å². The summed E-state index contributed by atoms with van der Waals surface area (Å²) in [5.74, 6) is 2.54. The molecule has 2 aromatic heterocycles. The minimum atomic E-state index is -0.568. The van der Waals surface area contributed by atoms with Crippen LogP contribution in [0.15, 0.2) is 146 Å². The molecule has 0 aliphatic heterocycles. The van der Waals surface area contributed by atoms with Crippen LogP contribution in [-0.4, -0.2) is 0 Å². The highest BCUT2D eigenvalue weighted by atomic mass is 14.8. The number of rotatable bonds is 26. The Balaban J connectivity index is 1.03. The molecule has 8 aromatic rings. The molecule has 0 amide bonds. The van der Waals surface area contributed by atoms with Gasteiger partial charge in [-0.2, -0.15) is 0 Å². The van der Waals surface area contributed by atoms with Crippen molar-refractivity contribution >= 4 is 11.4 Å². The lowest BCUT2D eigenvalue weighted by molar-refractivity contribution is -0.401. The molecule has 4 unspecified atom stereocenters. The van der Waals surface area contributed by atoms with Gasteiger partial charge in [0.2, 0.25) is 0 Å². The Hall–Kier alpha value is -6.78. The highest BCUT2D eigenvalue weighted by molar-refractivity contribution is 5.95. The van der Waals surface area contributed by atoms with E-state index >= 15 is 0 Å². The first kappa shape index (κ1) is 58.6. The zero-order valence-electron chi connectivity index (χ0n) is 53.0. The quantitative estimate of drug-likeness (QED) is 0.0530. The predicted octanol–water partition coefficient (Wildman–Crippen LogP) is 21.1. The molecule has 4 atom stereocenters. The molecule has 0 fully saturated rings. The van der Waals surface area contributed by atoms with Crippen LogP contribution in [0, 0.1) is 23.7 Å². The van der Waals surface area contributed by atoms with E-state index in [2.05, 4.69) is 211 Å². The monoisotopic (exact) mass is 1130 g/mol. The van der Waals surface area contributed by atoms with Gasteiger partial charge in [-0.15, -0.1) is 0 Å². The smallest absolute Gasteiger partial charge is 0.280 e. The topological polar surface area (TPSA) is 80.3 Å². The van der Waals surface area contributed by atoms with Crippen molar-refractivity contribution in [3.05, 3.63) is 190 Å². The number of fused-ring (bicyclic) bond motifs is 16. The van der Waals surface area contributed by atoms with Gasteiger partial charge in [-0.1, -0.05) is 219 Å². The normalized spacial score (nSPS) is 18.4. The molecule has 85 heavy (non-hydrogen) atoms. The highest BCUT2D eigenvalue weighted by Gasteiger charge is 2.57. The van der Waals surface area contributed by atoms with Crippen LogP contribution in [0.4, 0.5) is 11.4 Å². The summed E-state index contributed by atoms with van der Waals surface area (Å²) in [6.07, 6.45) is 28.7. The Morgan fingerprint density at radius 2 is 0.612 bits per heavy atom. The van der Waals surface area contributed by atoms with E-state index in [9.17, 15) is 0 Å². The molecule has 4 heteroatoms. The molecule has 0 saturated heterocycles. The molecular weight excluding hydrogens is 1030 g/mol. The van der Waals surface area contributed by atoms with Crippen LogP contribution in [0.3, 0.4) is 0 Å². The molecule has 12 rings (SSSR count). The Morgan fingerprint density at radius 3 is 0.918 bits per heavy atom. The van der Waals surface area contributed by atoms with Crippen LogP contribution in [0.1, 0.15) is 228 Å². The standard InChI is InChI=1S/C81H96N4/c1-9-17-23-53(13-5)49-79(50-54(14-6)24-18-10-2)71-43-57(29-35-63(71)65-39-33-61(82)47-73(65)79)59-31-37-67-68-38-32-60(46-76(68)81(75(67)45-59)69-27-21-41-84-77(69)78-70(81)28-22-42-85-78)58-30-36-64-66-40-34-62(83)48-74(66)80(72(64)44-58,51-55(15-7)25-19-11-3)52-56(16-8)26-20-12-4/h21-22,27-48,53-56H,9-20,23-26,49-52,82-83H2,1-8H3/p+2. The number of nitrogens with one attached hydrogen (secondary N) is 2. The van der Waals surface area contributed by atoms with E-state index in [-0.39, 0.29) is 10.8 Å². The maximum atomic E-state index is 6.86. The minimum absolute atomic E-state index is 0.120. The number of anilines is 2. The van der Waals surface area contributed by atoms with Crippen LogP contribution in [0.25, 0.3) is 67.0 Å². The van der Waals surface area contributed by atoms with Crippen molar-refractivity contribution in [3.8, 4) is 67.0 Å². The highest BCUT2D eigenvalue weighted by Crippen LogP contribution is 2.64. The SMILES string of the molecule is CCCCC(CC)CC1(CC(CC)CCCC)c2cc(N)ccc2-c2ccc(-c3ccc4c(c3)C3(c5cc(-c6ccc7c(c6)C(CC(CC)CCCC)(CC(CC)CCCC)c6cc(N)ccc6-7)ccc5-4)c4ccc[nH+]c4-c4[nH+]cccc43)cc21. The summed E-state index contributed by atoms with van der Waals surface area (Å²) in [5, 5.41) is 0. The van der Waals surface area contributed by atoms with Crippen LogP contribution < -0.4 is 21.4 Å². The third-order valence-electron chi connectivity index (χ3n) is 22.1. The second kappa shape index (κ2) is 24.5. The third-order valence-corrected chi connectivity index (χ3v) is 22.1. The summed E-state index contributed by atoms with van der Waals surface area (Å²) in [7, 11) is 0.